The molecule has 50 heavy (non-hydrogen) atoms. The largest absolute Gasteiger partial charge is 0.396 e. The fraction of sp³-hybridized carbons (Fsp3) is 0.513. The lowest BCUT2D eigenvalue weighted by molar-refractivity contribution is -0.139. The van der Waals surface area contributed by atoms with Crippen LogP contribution in [0, 0.1) is 5.92 Å². The van der Waals surface area contributed by atoms with Gasteiger partial charge in [0.05, 0.1) is 17.9 Å². The van der Waals surface area contributed by atoms with Crippen LogP contribution in [0.5, 0.6) is 0 Å². The molecule has 11 nitrogen and oxygen atoms in total. The summed E-state index contributed by atoms with van der Waals surface area (Å²) >= 11 is 0. The number of benzene rings is 2. The Bertz CT molecular complexity index is 1690. The number of fused-ring (bicyclic) bond motifs is 1. The summed E-state index contributed by atoms with van der Waals surface area (Å²) in [5, 5.41) is 29.8. The molecule has 3 aliphatic heterocycles. The third kappa shape index (κ3) is 7.68. The van der Waals surface area contributed by atoms with Crippen molar-refractivity contribution < 1.29 is 24.6 Å². The van der Waals surface area contributed by atoms with Crippen LogP contribution in [0.2, 0.25) is 0 Å². The predicted molar refractivity (Wildman–Crippen MR) is 193 cm³/mol. The van der Waals surface area contributed by atoms with Gasteiger partial charge in [0.15, 0.2) is 5.60 Å². The van der Waals surface area contributed by atoms with Gasteiger partial charge in [-0.3, -0.25) is 19.1 Å². The molecule has 0 radical (unpaired) electrons. The molecule has 0 spiro atoms. The number of aliphatic hydroxyl groups is 2. The third-order valence-electron chi connectivity index (χ3n) is 10.4. The third-order valence-corrected chi connectivity index (χ3v) is 10.4. The van der Waals surface area contributed by atoms with Gasteiger partial charge < -0.3 is 24.9 Å². The zero-order valence-electron chi connectivity index (χ0n) is 29.2. The Morgan fingerprint density at radius 2 is 1.50 bits per heavy atom. The van der Waals surface area contributed by atoms with E-state index in [-0.39, 0.29) is 25.0 Å². The van der Waals surface area contributed by atoms with E-state index in [1.54, 1.807) is 9.58 Å². The summed E-state index contributed by atoms with van der Waals surface area (Å²) in [7, 11) is 0. The summed E-state index contributed by atoms with van der Waals surface area (Å²) < 4.78 is 1.72. The molecule has 0 aliphatic carbocycles. The SMILES string of the molecule is C[C@H](/C=C/CCn1cc(CCO)nn1)[C@@]1(O)C(=O)N(Cc2ccc(N3CCCCCCC3=O)cc2)c2ccc(N3CCCCCCC3=O)cc21. The van der Waals surface area contributed by atoms with Crippen molar-refractivity contribution in [3.63, 3.8) is 0 Å². The predicted octanol–water partition coefficient (Wildman–Crippen LogP) is 5.42. The first-order valence-electron chi connectivity index (χ1n) is 18.3. The molecule has 3 aliphatic rings. The highest BCUT2D eigenvalue weighted by Crippen LogP contribution is 2.47. The molecule has 0 bridgehead atoms. The molecule has 2 N–H and O–H groups in total. The number of carbonyl (C=O) groups is 3. The molecule has 3 aromatic rings. The Kier molecular flexibility index (Phi) is 11.4. The van der Waals surface area contributed by atoms with Crippen LogP contribution in [0.4, 0.5) is 17.1 Å². The van der Waals surface area contributed by atoms with Crippen molar-refractivity contribution in [3.05, 3.63) is 77.6 Å². The summed E-state index contributed by atoms with van der Waals surface area (Å²) in [6, 6.07) is 13.4. The number of allylic oxidation sites excluding steroid dienone is 1. The van der Waals surface area contributed by atoms with E-state index in [4.69, 9.17) is 5.11 Å². The molecular weight excluding hydrogens is 632 g/mol. The molecule has 4 heterocycles. The molecule has 2 aromatic carbocycles. The molecule has 2 saturated heterocycles. The number of hydrogen-bond donors (Lipinski definition) is 2. The maximum Gasteiger partial charge on any atom is 0.264 e. The molecule has 266 valence electrons. The van der Waals surface area contributed by atoms with Crippen LogP contribution in [0.15, 0.2) is 60.8 Å². The number of aromatic nitrogens is 3. The number of anilines is 3. The number of aliphatic hydroxyl groups excluding tert-OH is 1. The highest BCUT2D eigenvalue weighted by molar-refractivity contribution is 6.08. The first-order chi connectivity index (χ1) is 24.3. The lowest BCUT2D eigenvalue weighted by atomic mass is 9.82. The van der Waals surface area contributed by atoms with Crippen molar-refractivity contribution in [2.45, 2.75) is 103 Å². The number of amides is 3. The van der Waals surface area contributed by atoms with Crippen LogP contribution >= 0.6 is 0 Å². The van der Waals surface area contributed by atoms with E-state index in [2.05, 4.69) is 10.3 Å². The lowest BCUT2D eigenvalue weighted by Crippen LogP contribution is -2.44. The second-order valence-corrected chi connectivity index (χ2v) is 13.9. The van der Waals surface area contributed by atoms with E-state index in [0.717, 1.165) is 68.3 Å². The summed E-state index contributed by atoms with van der Waals surface area (Å²) in [6.07, 6.45) is 15.7. The van der Waals surface area contributed by atoms with Gasteiger partial charge in [0.1, 0.15) is 0 Å². The van der Waals surface area contributed by atoms with Gasteiger partial charge in [-0.1, -0.05) is 62.1 Å². The normalized spacial score (nSPS) is 21.3. The van der Waals surface area contributed by atoms with Crippen LogP contribution in [-0.4, -0.2) is 62.6 Å². The van der Waals surface area contributed by atoms with Crippen molar-refractivity contribution in [1.29, 1.82) is 0 Å². The molecule has 3 amide bonds. The Hall–Kier alpha value is -4.35. The van der Waals surface area contributed by atoms with Gasteiger partial charge >= 0.3 is 0 Å². The van der Waals surface area contributed by atoms with Crippen LogP contribution < -0.4 is 14.7 Å². The standard InChI is InChI=1S/C39H50N6O5/c1-29(12-8-11-22-42-28-31(21-25-46)40-41-42)39(50)34-26-33(44-24-10-5-3-7-14-37(44)48)19-20-35(34)45(38(39)49)27-30-15-17-32(18-16-30)43-23-9-4-2-6-13-36(43)47/h8,12,15-20,26,28-29,46,50H,2-7,9-11,13-14,21-25,27H2,1H3/b12-8+/t29-,39+/m1/s1. The number of rotatable bonds is 11. The number of nitrogens with zero attached hydrogens (tertiary/aromatic N) is 6. The molecule has 11 heteroatoms. The quantitative estimate of drug-likeness (QED) is 0.258. The van der Waals surface area contributed by atoms with E-state index in [1.165, 1.54) is 0 Å². The maximum absolute atomic E-state index is 14.4. The molecule has 2 atom stereocenters. The topological polar surface area (TPSA) is 132 Å². The smallest absolute Gasteiger partial charge is 0.264 e. The van der Waals surface area contributed by atoms with Crippen molar-refractivity contribution >= 4 is 34.8 Å². The van der Waals surface area contributed by atoms with Gasteiger partial charge in [-0.2, -0.15) is 0 Å². The monoisotopic (exact) mass is 682 g/mol. The van der Waals surface area contributed by atoms with E-state index in [0.29, 0.717) is 62.3 Å². The Labute approximate surface area is 294 Å². The summed E-state index contributed by atoms with van der Waals surface area (Å²) in [6.45, 7) is 4.00. The second-order valence-electron chi connectivity index (χ2n) is 13.9. The molecule has 0 saturated carbocycles. The molecular formula is C39H50N6O5. The van der Waals surface area contributed by atoms with Crippen LogP contribution in [-0.2, 0) is 39.5 Å². The second kappa shape index (κ2) is 16.1. The van der Waals surface area contributed by atoms with Crippen molar-refractivity contribution in [1.82, 2.24) is 15.0 Å². The van der Waals surface area contributed by atoms with E-state index >= 15 is 0 Å². The summed E-state index contributed by atoms with van der Waals surface area (Å²) in [5.74, 6) is -0.765. The van der Waals surface area contributed by atoms with E-state index in [9.17, 15) is 19.5 Å². The van der Waals surface area contributed by atoms with Gasteiger partial charge in [0.25, 0.3) is 5.91 Å². The van der Waals surface area contributed by atoms with Crippen molar-refractivity contribution in [2.75, 3.05) is 34.4 Å². The molecule has 6 rings (SSSR count). The van der Waals surface area contributed by atoms with Gasteiger partial charge in [0, 0.05) is 74.6 Å². The maximum atomic E-state index is 14.4. The minimum absolute atomic E-state index is 0.0137. The summed E-state index contributed by atoms with van der Waals surface area (Å²) in [5.41, 5.74) is 2.46. The summed E-state index contributed by atoms with van der Waals surface area (Å²) in [4.78, 5) is 45.7. The Morgan fingerprint density at radius 1 is 0.860 bits per heavy atom. The number of aryl methyl sites for hydroxylation is 1. The number of hydrogen-bond acceptors (Lipinski definition) is 7. The Morgan fingerprint density at radius 3 is 2.18 bits per heavy atom. The zero-order valence-corrected chi connectivity index (χ0v) is 29.2. The molecule has 2 fully saturated rings. The van der Waals surface area contributed by atoms with Gasteiger partial charge in [-0.15, -0.1) is 5.10 Å². The molecule has 1 aromatic heterocycles. The number of carbonyl (C=O) groups excluding carboxylic acids is 3. The minimum atomic E-state index is -1.84. The van der Waals surface area contributed by atoms with Gasteiger partial charge in [-0.25, -0.2) is 0 Å². The van der Waals surface area contributed by atoms with Crippen LogP contribution in [0.1, 0.15) is 94.4 Å². The molecule has 0 unspecified atom stereocenters. The van der Waals surface area contributed by atoms with Crippen molar-refractivity contribution in [3.8, 4) is 0 Å². The average Bonchev–Trinajstić information content (AvgIpc) is 3.64. The van der Waals surface area contributed by atoms with E-state index < -0.39 is 17.4 Å². The fourth-order valence-corrected chi connectivity index (χ4v) is 7.41. The first-order valence-corrected chi connectivity index (χ1v) is 18.3. The highest BCUT2D eigenvalue weighted by Gasteiger charge is 2.52. The fourth-order valence-electron chi connectivity index (χ4n) is 7.41. The average molecular weight is 683 g/mol. The highest BCUT2D eigenvalue weighted by atomic mass is 16.3. The zero-order chi connectivity index (χ0) is 35.1. The van der Waals surface area contributed by atoms with Gasteiger partial charge in [0.2, 0.25) is 11.8 Å². The lowest BCUT2D eigenvalue weighted by Gasteiger charge is -2.29. The van der Waals surface area contributed by atoms with Crippen LogP contribution in [0.25, 0.3) is 0 Å². The van der Waals surface area contributed by atoms with Gasteiger partial charge in [-0.05, 0) is 68.0 Å². The minimum Gasteiger partial charge on any atom is -0.396 e. The first kappa shape index (κ1) is 35.5. The van der Waals surface area contributed by atoms with Crippen molar-refractivity contribution in [2.24, 2.45) is 5.92 Å². The van der Waals surface area contributed by atoms with Crippen LogP contribution in [0.3, 0.4) is 0 Å². The Balaban J connectivity index is 1.26. The van der Waals surface area contributed by atoms with E-state index in [1.807, 2.05) is 77.5 Å².